The Hall–Kier alpha value is -1.31. The lowest BCUT2D eigenvalue weighted by Crippen LogP contribution is -2.53. The van der Waals surface area contributed by atoms with Gasteiger partial charge < -0.3 is 4.74 Å². The summed E-state index contributed by atoms with van der Waals surface area (Å²) in [7, 11) is 0. The first kappa shape index (κ1) is 38.5. The normalized spacial score (nSPS) is 34.1. The minimum atomic E-state index is 0.0591. The molecular weight excluding hydrogens is 572 g/mol. The van der Waals surface area contributed by atoms with Crippen LogP contribution in [0.1, 0.15) is 183 Å². The summed E-state index contributed by atoms with van der Waals surface area (Å²) in [5.74, 6) is 4.90. The van der Waals surface area contributed by atoms with E-state index in [4.69, 9.17) is 4.74 Å². The van der Waals surface area contributed by atoms with Gasteiger partial charge in [-0.1, -0.05) is 129 Å². The van der Waals surface area contributed by atoms with E-state index >= 15 is 0 Å². The topological polar surface area (TPSA) is 26.3 Å². The first-order valence-electron chi connectivity index (χ1n) is 20.7. The highest BCUT2D eigenvalue weighted by molar-refractivity contribution is 5.69. The van der Waals surface area contributed by atoms with Gasteiger partial charge in [-0.2, -0.15) is 0 Å². The van der Waals surface area contributed by atoms with Crippen LogP contribution in [0.15, 0.2) is 36.0 Å². The van der Waals surface area contributed by atoms with E-state index in [9.17, 15) is 4.79 Å². The number of allylic oxidation sites excluding steroid dienone is 5. The molecule has 3 saturated carbocycles. The molecule has 0 radical (unpaired) electrons. The van der Waals surface area contributed by atoms with Crippen molar-refractivity contribution in [2.45, 2.75) is 189 Å². The van der Waals surface area contributed by atoms with Gasteiger partial charge in [0.15, 0.2) is 0 Å². The van der Waals surface area contributed by atoms with E-state index in [1.807, 2.05) is 5.57 Å². The molecule has 0 N–H and O–H groups in total. The van der Waals surface area contributed by atoms with Crippen molar-refractivity contribution in [1.29, 1.82) is 0 Å². The Morgan fingerprint density at radius 3 is 2.21 bits per heavy atom. The van der Waals surface area contributed by atoms with Gasteiger partial charge in [0.05, 0.1) is 0 Å². The lowest BCUT2D eigenvalue weighted by Gasteiger charge is -2.59. The summed E-state index contributed by atoms with van der Waals surface area (Å²) in [6.07, 6.45) is 33.5. The van der Waals surface area contributed by atoms with Gasteiger partial charge in [-0.25, -0.2) is 0 Å². The van der Waals surface area contributed by atoms with Crippen LogP contribution in [0.4, 0.5) is 0 Å². The Labute approximate surface area is 292 Å². The second-order valence-corrected chi connectivity index (χ2v) is 17.8. The number of hydrogen-bond acceptors (Lipinski definition) is 2. The van der Waals surface area contributed by atoms with Crippen LogP contribution in [0, 0.1) is 52.3 Å². The fourth-order valence-corrected chi connectivity index (χ4v) is 11.2. The van der Waals surface area contributed by atoms with Gasteiger partial charge in [0.25, 0.3) is 0 Å². The fraction of sp³-hybridized carbons (Fsp3) is 0.844. The number of carbonyl (C=O) groups excluding carboxylic acids is 1. The molecule has 9 atom stereocenters. The van der Waals surface area contributed by atoms with Gasteiger partial charge >= 0.3 is 5.97 Å². The summed E-state index contributed by atoms with van der Waals surface area (Å²) >= 11 is 0. The number of carbonyl (C=O) groups is 1. The van der Waals surface area contributed by atoms with Gasteiger partial charge in [-0.3, -0.25) is 4.79 Å². The van der Waals surface area contributed by atoms with Gasteiger partial charge in [0.2, 0.25) is 0 Å². The molecule has 3 fully saturated rings. The molecule has 0 aromatic rings. The average Bonchev–Trinajstić information content (AvgIpc) is 3.40. The zero-order valence-electron chi connectivity index (χ0n) is 32.2. The maximum Gasteiger partial charge on any atom is 0.306 e. The monoisotopic (exact) mass is 649 g/mol. The van der Waals surface area contributed by atoms with Gasteiger partial charge in [-0.05, 0) is 136 Å². The highest BCUT2D eigenvalue weighted by Gasteiger charge is 2.59. The van der Waals surface area contributed by atoms with Gasteiger partial charge in [-0.15, -0.1) is 0 Å². The second kappa shape index (κ2) is 18.1. The molecule has 0 bridgehead atoms. The molecule has 4 rings (SSSR count). The molecule has 0 aromatic carbocycles. The minimum absolute atomic E-state index is 0.0591. The number of hydrogen-bond donors (Lipinski definition) is 0. The molecule has 2 nitrogen and oxygen atoms in total. The summed E-state index contributed by atoms with van der Waals surface area (Å²) in [6, 6.07) is 0. The Balaban J connectivity index is 1.20. The molecule has 0 amide bonds. The van der Waals surface area contributed by atoms with Crippen LogP contribution in [-0.4, -0.2) is 12.1 Å². The lowest BCUT2D eigenvalue weighted by atomic mass is 9.46. The number of fused-ring (bicyclic) bond motifs is 5. The van der Waals surface area contributed by atoms with Crippen LogP contribution in [0.5, 0.6) is 0 Å². The van der Waals surface area contributed by atoms with Crippen molar-refractivity contribution in [2.24, 2.45) is 52.3 Å². The standard InChI is InChI=1S/C45H76O2/c1-9-10-11-12-13-14-15-16-17-18-19-20-21-22-43(46)47-42-30-32-45(8)39(36(42)6)26-25-37-40-28-27-38(44(40,7)31-29-41(37)45)35(5)24-23-34(4)33(2)3/h12-13,25,33,35-36,38-42H,4,9-11,14-24,26-32H2,1-3,5-8H3/b13-12-/t35-,36+,38-,39+,40+,41+,42+,44-,45+/m1/s1. The number of esters is 1. The molecule has 268 valence electrons. The summed E-state index contributed by atoms with van der Waals surface area (Å²) in [5, 5.41) is 0. The summed E-state index contributed by atoms with van der Waals surface area (Å²) in [5.41, 5.74) is 4.11. The Morgan fingerprint density at radius 2 is 1.51 bits per heavy atom. The molecule has 4 aliphatic rings. The molecule has 2 heteroatoms. The molecule has 47 heavy (non-hydrogen) atoms. The van der Waals surface area contributed by atoms with Gasteiger partial charge in [0, 0.05) is 6.42 Å². The first-order chi connectivity index (χ1) is 22.5. The summed E-state index contributed by atoms with van der Waals surface area (Å²) in [4.78, 5) is 12.9. The van der Waals surface area contributed by atoms with Crippen molar-refractivity contribution in [3.63, 3.8) is 0 Å². The maximum atomic E-state index is 12.9. The summed E-state index contributed by atoms with van der Waals surface area (Å²) < 4.78 is 6.25. The largest absolute Gasteiger partial charge is 0.462 e. The molecule has 0 spiro atoms. The number of rotatable bonds is 19. The predicted octanol–water partition coefficient (Wildman–Crippen LogP) is 13.6. The zero-order valence-corrected chi connectivity index (χ0v) is 32.2. The second-order valence-electron chi connectivity index (χ2n) is 17.8. The maximum absolute atomic E-state index is 12.9. The quantitative estimate of drug-likeness (QED) is 0.0791. The van der Waals surface area contributed by atoms with Crippen LogP contribution >= 0.6 is 0 Å². The van der Waals surface area contributed by atoms with Crippen LogP contribution in [0.3, 0.4) is 0 Å². The molecule has 0 aromatic heterocycles. The van der Waals surface area contributed by atoms with Crippen LogP contribution < -0.4 is 0 Å². The van der Waals surface area contributed by atoms with Crippen molar-refractivity contribution in [1.82, 2.24) is 0 Å². The molecule has 0 aliphatic heterocycles. The molecule has 0 unspecified atom stereocenters. The Bertz CT molecular complexity index is 1050. The highest BCUT2D eigenvalue weighted by atomic mass is 16.5. The third-order valence-corrected chi connectivity index (χ3v) is 14.5. The van der Waals surface area contributed by atoms with Crippen molar-refractivity contribution in [2.75, 3.05) is 0 Å². The van der Waals surface area contributed by atoms with Crippen LogP contribution in [0.25, 0.3) is 0 Å². The van der Waals surface area contributed by atoms with Gasteiger partial charge in [0.1, 0.15) is 6.10 Å². The third-order valence-electron chi connectivity index (χ3n) is 14.5. The van der Waals surface area contributed by atoms with E-state index in [-0.39, 0.29) is 12.1 Å². The third kappa shape index (κ3) is 9.48. The molecule has 4 aliphatic carbocycles. The SMILES string of the molecule is C=C(CC[C@@H](C)[C@H]1CC[C@H]2C3=CC[C@H]4[C@H](C)[C@@H](OC(=O)CCCCCCCCC/C=C\CCCC)CC[C@]4(C)[C@H]3CC[C@]12C)C(C)C. The lowest BCUT2D eigenvalue weighted by molar-refractivity contribution is -0.161. The van der Waals surface area contributed by atoms with E-state index in [0.29, 0.717) is 35.0 Å². The van der Waals surface area contributed by atoms with E-state index in [2.05, 4.69) is 73.3 Å². The van der Waals surface area contributed by atoms with E-state index in [1.54, 1.807) is 0 Å². The van der Waals surface area contributed by atoms with E-state index < -0.39 is 0 Å². The van der Waals surface area contributed by atoms with Crippen molar-refractivity contribution >= 4 is 5.97 Å². The first-order valence-corrected chi connectivity index (χ1v) is 20.7. The molecular formula is C45H76O2. The number of unbranched alkanes of at least 4 members (excludes halogenated alkanes) is 9. The van der Waals surface area contributed by atoms with Crippen LogP contribution in [0.2, 0.25) is 0 Å². The smallest absolute Gasteiger partial charge is 0.306 e. The predicted molar refractivity (Wildman–Crippen MR) is 202 cm³/mol. The molecule has 0 heterocycles. The van der Waals surface area contributed by atoms with E-state index in [1.165, 1.54) is 115 Å². The minimum Gasteiger partial charge on any atom is -0.462 e. The number of ether oxygens (including phenoxy) is 1. The van der Waals surface area contributed by atoms with Crippen LogP contribution in [-0.2, 0) is 9.53 Å². The Morgan fingerprint density at radius 1 is 0.872 bits per heavy atom. The molecule has 0 saturated heterocycles. The fourth-order valence-electron chi connectivity index (χ4n) is 11.2. The zero-order chi connectivity index (χ0) is 34.0. The van der Waals surface area contributed by atoms with Crippen molar-refractivity contribution < 1.29 is 9.53 Å². The summed E-state index contributed by atoms with van der Waals surface area (Å²) in [6.45, 7) is 21.5. The highest BCUT2D eigenvalue weighted by Crippen LogP contribution is 2.67. The van der Waals surface area contributed by atoms with E-state index in [0.717, 1.165) is 42.9 Å². The van der Waals surface area contributed by atoms with Crippen molar-refractivity contribution in [3.8, 4) is 0 Å². The Kier molecular flexibility index (Phi) is 14.8. The average molecular weight is 649 g/mol. The van der Waals surface area contributed by atoms with Crippen molar-refractivity contribution in [3.05, 3.63) is 36.0 Å².